The van der Waals surface area contributed by atoms with Crippen molar-refractivity contribution < 1.29 is 23.7 Å². The lowest BCUT2D eigenvalue weighted by molar-refractivity contribution is -0.112. The van der Waals surface area contributed by atoms with Gasteiger partial charge in [-0.1, -0.05) is 0 Å². The van der Waals surface area contributed by atoms with Crippen molar-refractivity contribution in [2.24, 2.45) is 0 Å². The van der Waals surface area contributed by atoms with E-state index in [-0.39, 0.29) is 5.57 Å². The minimum absolute atomic E-state index is 0.0495. The number of carbonyl (C=O) groups excluding carboxylic acids is 1. The molecular formula is C23H25N3O5. The second kappa shape index (κ2) is 10.4. The summed E-state index contributed by atoms with van der Waals surface area (Å²) >= 11 is 0. The zero-order valence-corrected chi connectivity index (χ0v) is 17.8. The van der Waals surface area contributed by atoms with Gasteiger partial charge in [-0.25, -0.2) is 0 Å². The number of nitrogens with one attached hydrogen (secondary N) is 1. The number of hydrogen-bond donors (Lipinski definition) is 1. The summed E-state index contributed by atoms with van der Waals surface area (Å²) in [6.07, 6.45) is 1.47. The van der Waals surface area contributed by atoms with Crippen LogP contribution in [0.1, 0.15) is 5.56 Å². The second-order valence-corrected chi connectivity index (χ2v) is 6.73. The lowest BCUT2D eigenvalue weighted by Gasteiger charge is -2.28. The zero-order chi connectivity index (χ0) is 22.2. The molecule has 0 aromatic heterocycles. The van der Waals surface area contributed by atoms with Crippen LogP contribution in [0.3, 0.4) is 0 Å². The van der Waals surface area contributed by atoms with Crippen LogP contribution in [0.2, 0.25) is 0 Å². The fourth-order valence-electron chi connectivity index (χ4n) is 3.28. The van der Waals surface area contributed by atoms with E-state index in [0.29, 0.717) is 41.7 Å². The number of hydrogen-bond acceptors (Lipinski definition) is 7. The van der Waals surface area contributed by atoms with E-state index in [2.05, 4.69) is 10.2 Å². The highest BCUT2D eigenvalue weighted by Crippen LogP contribution is 2.38. The fourth-order valence-corrected chi connectivity index (χ4v) is 3.28. The molecule has 8 heteroatoms. The van der Waals surface area contributed by atoms with Crippen LogP contribution < -0.4 is 24.4 Å². The Morgan fingerprint density at radius 2 is 1.68 bits per heavy atom. The highest BCUT2D eigenvalue weighted by Gasteiger charge is 2.15. The van der Waals surface area contributed by atoms with Gasteiger partial charge in [0.1, 0.15) is 11.6 Å². The lowest BCUT2D eigenvalue weighted by Crippen LogP contribution is -2.36. The molecule has 0 saturated carbocycles. The van der Waals surface area contributed by atoms with Gasteiger partial charge < -0.3 is 29.2 Å². The molecule has 31 heavy (non-hydrogen) atoms. The summed E-state index contributed by atoms with van der Waals surface area (Å²) < 4.78 is 21.3. The number of morpholine rings is 1. The summed E-state index contributed by atoms with van der Waals surface area (Å²) in [7, 11) is 4.51. The average molecular weight is 423 g/mol. The Morgan fingerprint density at radius 1 is 1.06 bits per heavy atom. The normalized spacial score (nSPS) is 13.9. The number of methoxy groups -OCH3 is 3. The second-order valence-electron chi connectivity index (χ2n) is 6.73. The molecule has 1 aliphatic heterocycles. The van der Waals surface area contributed by atoms with E-state index in [1.54, 1.807) is 12.1 Å². The molecule has 1 aliphatic rings. The molecule has 1 amide bonds. The smallest absolute Gasteiger partial charge is 0.266 e. The number of rotatable bonds is 7. The minimum Gasteiger partial charge on any atom is -0.493 e. The van der Waals surface area contributed by atoms with Crippen LogP contribution in [0.15, 0.2) is 42.0 Å². The number of amides is 1. The molecule has 0 spiro atoms. The first-order valence-corrected chi connectivity index (χ1v) is 9.75. The van der Waals surface area contributed by atoms with Crippen LogP contribution in [-0.2, 0) is 9.53 Å². The summed E-state index contributed by atoms with van der Waals surface area (Å²) in [5.41, 5.74) is 2.19. The van der Waals surface area contributed by atoms with Crippen LogP contribution in [0.5, 0.6) is 17.2 Å². The van der Waals surface area contributed by atoms with E-state index >= 15 is 0 Å². The van der Waals surface area contributed by atoms with Crippen LogP contribution in [0.4, 0.5) is 11.4 Å². The third kappa shape index (κ3) is 5.27. The van der Waals surface area contributed by atoms with Crippen LogP contribution in [-0.4, -0.2) is 53.5 Å². The van der Waals surface area contributed by atoms with Gasteiger partial charge in [-0.2, -0.15) is 5.26 Å². The molecule has 0 bridgehead atoms. The van der Waals surface area contributed by atoms with Crippen molar-refractivity contribution in [3.8, 4) is 23.3 Å². The van der Waals surface area contributed by atoms with E-state index in [9.17, 15) is 10.1 Å². The standard InChI is InChI=1S/C23H25N3O5/c1-28-20-13-16(14-21(29-2)22(20)30-3)12-17(15-24)23(27)25-18-4-6-19(7-5-18)26-8-10-31-11-9-26/h4-7,12-14H,8-11H2,1-3H3,(H,25,27)/b17-12+. The lowest BCUT2D eigenvalue weighted by atomic mass is 10.1. The van der Waals surface area contributed by atoms with Gasteiger partial charge in [-0.3, -0.25) is 4.79 Å². The third-order valence-electron chi connectivity index (χ3n) is 4.86. The van der Waals surface area contributed by atoms with Gasteiger partial charge in [-0.15, -0.1) is 0 Å². The van der Waals surface area contributed by atoms with Crippen molar-refractivity contribution in [1.29, 1.82) is 5.26 Å². The van der Waals surface area contributed by atoms with Crippen LogP contribution >= 0.6 is 0 Å². The molecule has 162 valence electrons. The Kier molecular flexibility index (Phi) is 7.35. The number of nitrogens with zero attached hydrogens (tertiary/aromatic N) is 2. The van der Waals surface area contributed by atoms with E-state index < -0.39 is 5.91 Å². The van der Waals surface area contributed by atoms with Gasteiger partial charge in [-0.05, 0) is 48.0 Å². The van der Waals surface area contributed by atoms with Gasteiger partial charge in [0, 0.05) is 24.5 Å². The Hall–Kier alpha value is -3.70. The first-order valence-electron chi connectivity index (χ1n) is 9.75. The fraction of sp³-hybridized carbons (Fsp3) is 0.304. The molecule has 0 aliphatic carbocycles. The molecule has 1 fully saturated rings. The minimum atomic E-state index is -0.504. The predicted octanol–water partition coefficient (Wildman–Crippen LogP) is 3.09. The zero-order valence-electron chi connectivity index (χ0n) is 17.8. The molecule has 0 atom stereocenters. The van der Waals surface area contributed by atoms with Crippen LogP contribution in [0.25, 0.3) is 6.08 Å². The molecule has 8 nitrogen and oxygen atoms in total. The summed E-state index contributed by atoms with van der Waals surface area (Å²) in [6, 6.07) is 12.8. The van der Waals surface area contributed by atoms with Gasteiger partial charge in [0.05, 0.1) is 34.5 Å². The molecule has 2 aromatic carbocycles. The molecule has 0 radical (unpaired) electrons. The van der Waals surface area contributed by atoms with Gasteiger partial charge in [0.25, 0.3) is 5.91 Å². The van der Waals surface area contributed by atoms with Crippen LogP contribution in [0, 0.1) is 11.3 Å². The van der Waals surface area contributed by atoms with E-state index in [1.807, 2.05) is 30.3 Å². The molecule has 3 rings (SSSR count). The summed E-state index contributed by atoms with van der Waals surface area (Å²) in [4.78, 5) is 14.9. The topological polar surface area (TPSA) is 93.1 Å². The maximum Gasteiger partial charge on any atom is 0.266 e. The van der Waals surface area contributed by atoms with Crippen molar-refractivity contribution >= 4 is 23.4 Å². The number of anilines is 2. The number of ether oxygens (including phenoxy) is 4. The monoisotopic (exact) mass is 423 g/mol. The third-order valence-corrected chi connectivity index (χ3v) is 4.86. The van der Waals surface area contributed by atoms with Gasteiger partial charge >= 0.3 is 0 Å². The molecule has 0 unspecified atom stereocenters. The van der Waals surface area contributed by atoms with Crippen molar-refractivity contribution in [3.05, 3.63) is 47.5 Å². The highest BCUT2D eigenvalue weighted by molar-refractivity contribution is 6.09. The first-order chi connectivity index (χ1) is 15.1. The number of carbonyl (C=O) groups is 1. The summed E-state index contributed by atoms with van der Waals surface area (Å²) in [6.45, 7) is 3.08. The Bertz CT molecular complexity index is 964. The molecular weight excluding hydrogens is 398 g/mol. The van der Waals surface area contributed by atoms with Crippen molar-refractivity contribution in [1.82, 2.24) is 0 Å². The first kappa shape index (κ1) is 22.0. The maximum absolute atomic E-state index is 12.7. The predicted molar refractivity (Wildman–Crippen MR) is 118 cm³/mol. The van der Waals surface area contributed by atoms with Crippen molar-refractivity contribution in [3.63, 3.8) is 0 Å². The van der Waals surface area contributed by atoms with Crippen molar-refractivity contribution in [2.45, 2.75) is 0 Å². The Balaban J connectivity index is 1.77. The van der Waals surface area contributed by atoms with E-state index in [4.69, 9.17) is 18.9 Å². The quantitative estimate of drug-likeness (QED) is 0.540. The Morgan fingerprint density at radius 3 is 2.19 bits per heavy atom. The number of nitriles is 1. The number of benzene rings is 2. The largest absolute Gasteiger partial charge is 0.493 e. The average Bonchev–Trinajstić information content (AvgIpc) is 2.82. The molecule has 2 aromatic rings. The highest BCUT2D eigenvalue weighted by atomic mass is 16.5. The maximum atomic E-state index is 12.7. The summed E-state index contributed by atoms with van der Waals surface area (Å²) in [5.74, 6) is 0.801. The molecule has 1 N–H and O–H groups in total. The molecule has 1 saturated heterocycles. The summed E-state index contributed by atoms with van der Waals surface area (Å²) in [5, 5.41) is 12.3. The SMILES string of the molecule is COc1cc(/C=C(\C#N)C(=O)Nc2ccc(N3CCOCC3)cc2)cc(OC)c1OC. The van der Waals surface area contributed by atoms with Gasteiger partial charge in [0.15, 0.2) is 11.5 Å². The van der Waals surface area contributed by atoms with E-state index in [1.165, 1.54) is 27.4 Å². The Labute approximate surface area is 181 Å². The van der Waals surface area contributed by atoms with E-state index in [0.717, 1.165) is 18.8 Å². The molecule has 1 heterocycles. The van der Waals surface area contributed by atoms with Gasteiger partial charge in [0.2, 0.25) is 5.75 Å². The van der Waals surface area contributed by atoms with Crippen molar-refractivity contribution in [2.75, 3.05) is 57.8 Å².